The van der Waals surface area contributed by atoms with Gasteiger partial charge in [0.25, 0.3) is 0 Å². The van der Waals surface area contributed by atoms with E-state index in [-0.39, 0.29) is 0 Å². The maximum atomic E-state index is 11.6. The van der Waals surface area contributed by atoms with Gasteiger partial charge in [-0.25, -0.2) is 0 Å². The fourth-order valence-electron chi connectivity index (χ4n) is 5.63. The van der Waals surface area contributed by atoms with Crippen molar-refractivity contribution in [2.24, 2.45) is 22.9 Å². The maximum absolute atomic E-state index is 11.6. The number of phosphoric ester groups is 1. The topological polar surface area (TPSA) is 400 Å². The molecule has 0 aromatic heterocycles. The van der Waals surface area contributed by atoms with Crippen molar-refractivity contribution in [1.82, 2.24) is 0 Å². The molecule has 1 aliphatic carbocycles. The van der Waals surface area contributed by atoms with E-state index in [0.717, 1.165) is 0 Å². The molecule has 22 nitrogen and oxygen atoms in total. The lowest BCUT2D eigenvalue weighted by Gasteiger charge is -2.47. The van der Waals surface area contributed by atoms with E-state index in [4.69, 9.17) is 41.9 Å². The lowest BCUT2D eigenvalue weighted by molar-refractivity contribution is -0.696. The van der Waals surface area contributed by atoms with Crippen molar-refractivity contribution in [1.29, 1.82) is 0 Å². The van der Waals surface area contributed by atoms with Gasteiger partial charge in [0.2, 0.25) is 6.29 Å². The molecule has 15 atom stereocenters. The highest BCUT2D eigenvalue weighted by Gasteiger charge is 2.61. The minimum atomic E-state index is -5.84. The fourth-order valence-corrected chi connectivity index (χ4v) is 6.18. The second-order valence-electron chi connectivity index (χ2n) is 10.8. The van der Waals surface area contributed by atoms with Crippen molar-refractivity contribution in [3.05, 3.63) is 0 Å². The van der Waals surface area contributed by atoms with Gasteiger partial charge in [-0.15, -0.1) is 0 Å². The number of phosphoric acid groups is 1. The van der Waals surface area contributed by atoms with Crippen LogP contribution in [0.25, 0.3) is 0 Å². The first kappa shape index (κ1) is 36.6. The van der Waals surface area contributed by atoms with Crippen LogP contribution in [0.5, 0.6) is 0 Å². The predicted octanol–water partition coefficient (Wildman–Crippen LogP) is -14.4. The number of likely N-dealkylation sites (N-methyl/N-ethyl adjacent to an activating group) is 1. The molecule has 3 fully saturated rings. The Balaban J connectivity index is 2.04. The molecule has 3 aliphatic rings. The van der Waals surface area contributed by atoms with E-state index >= 15 is 0 Å². The zero-order valence-corrected chi connectivity index (χ0v) is 24.6. The molecular weight excluding hydrogens is 621 g/mol. The van der Waals surface area contributed by atoms with Crippen LogP contribution in [0.15, 0.2) is 0 Å². The molecule has 3 rings (SSSR count). The normalized spacial score (nSPS) is 44.7. The number of aliphatic hydroxyl groups is 7. The Morgan fingerprint density at radius 3 is 1.95 bits per heavy atom. The highest BCUT2D eigenvalue weighted by atomic mass is 31.2. The van der Waals surface area contributed by atoms with Gasteiger partial charge in [-0.3, -0.25) is 32.9 Å². The summed E-state index contributed by atoms with van der Waals surface area (Å²) in [5.41, 5.74) is 19.8. The van der Waals surface area contributed by atoms with Crippen LogP contribution in [-0.2, 0) is 28.0 Å². The van der Waals surface area contributed by atoms with Crippen LogP contribution in [-0.4, -0.2) is 159 Å². The van der Waals surface area contributed by atoms with Crippen molar-refractivity contribution in [2.75, 3.05) is 20.3 Å². The highest BCUT2D eigenvalue weighted by Crippen LogP contribution is 2.39. The van der Waals surface area contributed by atoms with E-state index in [1.165, 1.54) is 19.3 Å². The van der Waals surface area contributed by atoms with E-state index in [1.54, 1.807) is 0 Å². The summed E-state index contributed by atoms with van der Waals surface area (Å²) in [6, 6.07) is -4.24. The number of nitrogens with one attached hydrogen (secondary N) is 2. The van der Waals surface area contributed by atoms with E-state index < -0.39 is 124 Å². The molecule has 0 spiro atoms. The molecule has 1 saturated carbocycles. The molecule has 2 aliphatic heterocycles. The fraction of sp³-hybridized carbons (Fsp3) is 0.905. The molecule has 256 valence electrons. The Hall–Kier alpha value is -1.83. The van der Waals surface area contributed by atoms with Gasteiger partial charge < -0.3 is 78.9 Å². The lowest BCUT2D eigenvalue weighted by atomic mass is 9.81. The molecule has 44 heavy (non-hydrogen) atoms. The highest BCUT2D eigenvalue weighted by molar-refractivity contribution is 7.43. The Morgan fingerprint density at radius 1 is 0.909 bits per heavy atom. The van der Waals surface area contributed by atoms with Gasteiger partial charge in [-0.1, -0.05) is 0 Å². The van der Waals surface area contributed by atoms with E-state index in [1.807, 2.05) is 0 Å². The molecule has 0 radical (unpaired) electrons. The number of nitrogens with two attached hydrogens (primary N) is 5. The van der Waals surface area contributed by atoms with E-state index in [2.05, 4.69) is 14.5 Å². The van der Waals surface area contributed by atoms with E-state index in [0.29, 0.717) is 0 Å². The van der Waals surface area contributed by atoms with Crippen molar-refractivity contribution < 1.29 is 88.9 Å². The zero-order valence-electron chi connectivity index (χ0n) is 23.7. The average Bonchev–Trinajstić information content (AvgIpc) is 3.16. The molecule has 2 saturated heterocycles. The van der Waals surface area contributed by atoms with Crippen LogP contribution < -0.4 is 48.0 Å². The van der Waals surface area contributed by atoms with Gasteiger partial charge in [-0.05, 0) is 6.92 Å². The van der Waals surface area contributed by atoms with Crippen molar-refractivity contribution in [3.63, 3.8) is 0 Å². The number of ether oxygens (including phenoxy) is 4. The minimum Gasteiger partial charge on any atom is -0.790 e. The summed E-state index contributed by atoms with van der Waals surface area (Å²) in [6.45, 7) is -0.377. The van der Waals surface area contributed by atoms with Gasteiger partial charge in [0, 0.05) is 0 Å². The summed E-state index contributed by atoms with van der Waals surface area (Å²) >= 11 is 0. The Kier molecular flexibility index (Phi) is 11.9. The number of guanidine groups is 2. The van der Waals surface area contributed by atoms with Crippen LogP contribution in [0.4, 0.5) is 0 Å². The monoisotopic (exact) mass is 664 g/mol. The Labute approximate surface area is 250 Å². The summed E-state index contributed by atoms with van der Waals surface area (Å²) in [4.78, 5) is 27.9. The Bertz CT molecular complexity index is 1080. The van der Waals surface area contributed by atoms with Crippen molar-refractivity contribution in [2.45, 2.75) is 98.2 Å². The number of aliphatic hydroxyl groups excluding tert-OH is 6. The second-order valence-corrected chi connectivity index (χ2v) is 11.9. The first-order chi connectivity index (χ1) is 20.4. The number of hydrogen-bond acceptors (Lipinski definition) is 15. The van der Waals surface area contributed by atoms with Crippen LogP contribution in [0.2, 0.25) is 0 Å². The van der Waals surface area contributed by atoms with Gasteiger partial charge in [-0.2, -0.15) is 0 Å². The summed E-state index contributed by atoms with van der Waals surface area (Å²) in [5, 5.41) is 75.9. The summed E-state index contributed by atoms with van der Waals surface area (Å²) in [7, 11) is -4.32. The maximum Gasteiger partial charge on any atom is 0.339 e. The lowest BCUT2D eigenvalue weighted by Crippen LogP contribution is -3.00. The third-order valence-electron chi connectivity index (χ3n) is 7.96. The molecule has 0 unspecified atom stereocenters. The molecule has 0 aromatic rings. The standard InChI is InChI=1S/C21H42N7O15P/c1-5-21(35,4-30)16(42-17-9(26-2)12(33)10(31)6(3-29)40-17)18(39-5)41-14-7(27-19(22)23)11(32)8(28-20(24)25)15(13(14)34)43-44(36,37)38/h5-18,26,29-35H,3-4H2,1-2H3,(H4,22,23,27)(H4,24,25,28)(H2,36,37,38)/p+1/t5-,6-,7-,8+,9-,10-,11-,12-,13-,14+,15-,16-,17-,18-,21+/m0/s1. The van der Waals surface area contributed by atoms with Gasteiger partial charge in [0.15, 0.2) is 12.3 Å². The van der Waals surface area contributed by atoms with Crippen LogP contribution in [0, 0.1) is 0 Å². The molecule has 0 amide bonds. The smallest absolute Gasteiger partial charge is 0.339 e. The van der Waals surface area contributed by atoms with E-state index in [9.17, 15) is 50.1 Å². The summed E-state index contributed by atoms with van der Waals surface area (Å²) in [5.74, 6) is -1.06. The molecule has 19 N–H and O–H groups in total. The van der Waals surface area contributed by atoms with Crippen LogP contribution in [0.3, 0.4) is 0 Å². The molecule has 23 heteroatoms. The van der Waals surface area contributed by atoms with Crippen molar-refractivity contribution in [3.8, 4) is 0 Å². The molecule has 2 heterocycles. The average molecular weight is 665 g/mol. The number of rotatable bonds is 11. The molecule has 0 bridgehead atoms. The van der Waals surface area contributed by atoms with Crippen LogP contribution in [0.1, 0.15) is 6.92 Å². The third kappa shape index (κ3) is 7.58. The van der Waals surface area contributed by atoms with Gasteiger partial charge in [0.05, 0.1) is 34.2 Å². The number of quaternary nitrogens is 1. The largest absolute Gasteiger partial charge is 0.790 e. The van der Waals surface area contributed by atoms with Crippen LogP contribution >= 0.6 is 7.82 Å². The third-order valence-corrected chi connectivity index (χ3v) is 8.46. The second kappa shape index (κ2) is 14.3. The SMILES string of the molecule is C[NH2+][C@@H]1[C@H](O[C@H]2[C@H](O[C@H]3[C@H](O)[C@@H](OP(=O)([O-])[O-])[C@H]([NH+]=C(N)N)[C@@H](O)[C@@H]3[NH+]=C(N)N)O[C@@H](C)[C@]2(O)CO)O[C@@H](CO)[C@H](O)[C@H]1O. The quantitative estimate of drug-likeness (QED) is 0.0553. The molecular formula is C21H43N7O15P+. The van der Waals surface area contributed by atoms with Crippen molar-refractivity contribution >= 4 is 19.7 Å². The Morgan fingerprint density at radius 2 is 1.48 bits per heavy atom. The van der Waals surface area contributed by atoms with Gasteiger partial charge in [0.1, 0.15) is 66.5 Å². The summed E-state index contributed by atoms with van der Waals surface area (Å²) < 4.78 is 39.3. The molecule has 0 aromatic carbocycles. The minimum absolute atomic E-state index is 0.504. The zero-order chi connectivity index (χ0) is 33.3. The summed E-state index contributed by atoms with van der Waals surface area (Å²) in [6.07, 6.45) is -18.4. The number of hydrogen-bond donors (Lipinski definition) is 14. The predicted molar refractivity (Wildman–Crippen MR) is 136 cm³/mol. The first-order valence-corrected chi connectivity index (χ1v) is 14.9. The first-order valence-electron chi connectivity index (χ1n) is 13.5. The van der Waals surface area contributed by atoms with Gasteiger partial charge >= 0.3 is 11.9 Å².